The second-order valence-corrected chi connectivity index (χ2v) is 9.30. The molecule has 10 nitrogen and oxygen atoms in total. The molecule has 0 bridgehead atoms. The Morgan fingerprint density at radius 2 is 1.02 bits per heavy atom. The van der Waals surface area contributed by atoms with Crippen molar-refractivity contribution in [1.29, 1.82) is 0 Å². The standard InChI is InChI=1S/C24H20F6N6O4S/c25-23(26,27)15-7-11(1-3-13(15)21(37)38)35(33)9-17(31)19-5-6-20(41-19)18(32)10-36(34)12-2-4-14(22(39)40)16(8-12)24(28,29)30/h1-10H,31-34H2,(H,37,38)(H,39,40)/b17-9-,18-10-. The van der Waals surface area contributed by atoms with E-state index in [0.29, 0.717) is 21.9 Å². The Hall–Kier alpha value is -4.74. The highest BCUT2D eigenvalue weighted by atomic mass is 32.1. The van der Waals surface area contributed by atoms with Gasteiger partial charge < -0.3 is 21.7 Å². The van der Waals surface area contributed by atoms with E-state index in [4.69, 9.17) is 33.4 Å². The molecule has 0 amide bonds. The van der Waals surface area contributed by atoms with Gasteiger partial charge in [0.1, 0.15) is 0 Å². The van der Waals surface area contributed by atoms with Gasteiger partial charge in [-0.25, -0.2) is 21.3 Å². The van der Waals surface area contributed by atoms with Gasteiger partial charge in [-0.05, 0) is 48.5 Å². The van der Waals surface area contributed by atoms with Gasteiger partial charge in [0, 0.05) is 12.4 Å². The van der Waals surface area contributed by atoms with Gasteiger partial charge >= 0.3 is 24.3 Å². The lowest BCUT2D eigenvalue weighted by atomic mass is 10.1. The number of thiophene rings is 1. The summed E-state index contributed by atoms with van der Waals surface area (Å²) in [6.07, 6.45) is -7.75. The number of aromatic carboxylic acids is 2. The summed E-state index contributed by atoms with van der Waals surface area (Å²) in [6.45, 7) is 0. The number of nitrogens with zero attached hydrogens (tertiary/aromatic N) is 2. The summed E-state index contributed by atoms with van der Waals surface area (Å²) in [7, 11) is 0. The average molecular weight is 603 g/mol. The molecule has 17 heteroatoms. The normalized spacial score (nSPS) is 12.8. The molecule has 2 aromatic carbocycles. The third kappa shape index (κ3) is 7.07. The molecule has 0 saturated carbocycles. The smallest absolute Gasteiger partial charge is 0.417 e. The number of hydrogen-bond donors (Lipinski definition) is 6. The number of rotatable bonds is 8. The second kappa shape index (κ2) is 11.4. The quantitative estimate of drug-likeness (QED) is 0.122. The molecule has 0 fully saturated rings. The van der Waals surface area contributed by atoms with Crippen LogP contribution >= 0.6 is 11.3 Å². The molecular weight excluding hydrogens is 582 g/mol. The summed E-state index contributed by atoms with van der Waals surface area (Å²) in [4.78, 5) is 23.0. The van der Waals surface area contributed by atoms with Crippen LogP contribution in [-0.2, 0) is 12.4 Å². The van der Waals surface area contributed by atoms with Crippen LogP contribution in [0.1, 0.15) is 41.6 Å². The summed E-state index contributed by atoms with van der Waals surface area (Å²) >= 11 is 0.985. The molecule has 0 radical (unpaired) electrons. The highest BCUT2D eigenvalue weighted by Crippen LogP contribution is 2.36. The molecule has 3 rings (SSSR count). The minimum atomic E-state index is -4.96. The van der Waals surface area contributed by atoms with E-state index in [9.17, 15) is 35.9 Å². The minimum Gasteiger partial charge on any atom is -0.478 e. The lowest BCUT2D eigenvalue weighted by Gasteiger charge is -2.18. The number of nitrogens with two attached hydrogens (primary N) is 4. The first-order chi connectivity index (χ1) is 18.9. The Labute approximate surface area is 230 Å². The van der Waals surface area contributed by atoms with Crippen molar-refractivity contribution in [2.75, 3.05) is 10.0 Å². The zero-order chi connectivity index (χ0) is 30.9. The molecule has 0 aliphatic heterocycles. The van der Waals surface area contributed by atoms with Crippen molar-refractivity contribution in [2.45, 2.75) is 12.4 Å². The Balaban J connectivity index is 1.85. The van der Waals surface area contributed by atoms with Crippen LogP contribution in [0, 0.1) is 0 Å². The Morgan fingerprint density at radius 3 is 1.32 bits per heavy atom. The average Bonchev–Trinajstić information content (AvgIpc) is 3.37. The Morgan fingerprint density at radius 1 is 0.683 bits per heavy atom. The predicted octanol–water partition coefficient (Wildman–Crippen LogP) is 4.46. The molecule has 0 spiro atoms. The summed E-state index contributed by atoms with van der Waals surface area (Å²) in [5.41, 5.74) is 6.84. The van der Waals surface area contributed by atoms with Gasteiger partial charge in [-0.2, -0.15) is 26.3 Å². The third-order valence-electron chi connectivity index (χ3n) is 5.41. The molecule has 0 saturated heterocycles. The van der Waals surface area contributed by atoms with E-state index in [-0.39, 0.29) is 22.8 Å². The zero-order valence-corrected chi connectivity index (χ0v) is 21.2. The van der Waals surface area contributed by atoms with Gasteiger partial charge in [0.05, 0.1) is 54.8 Å². The molecule has 0 aliphatic carbocycles. The topological polar surface area (TPSA) is 185 Å². The van der Waals surface area contributed by atoms with Gasteiger partial charge in [0.25, 0.3) is 0 Å². The molecule has 3 aromatic rings. The lowest BCUT2D eigenvalue weighted by molar-refractivity contribution is -0.138. The number of hydrogen-bond acceptors (Lipinski definition) is 9. The van der Waals surface area contributed by atoms with E-state index in [1.807, 2.05) is 0 Å². The van der Waals surface area contributed by atoms with Crippen molar-refractivity contribution in [2.24, 2.45) is 23.2 Å². The maximum absolute atomic E-state index is 13.3. The summed E-state index contributed by atoms with van der Waals surface area (Å²) in [5, 5.41) is 19.6. The Bertz CT molecular complexity index is 1440. The van der Waals surface area contributed by atoms with Crippen LogP contribution in [0.2, 0.25) is 0 Å². The molecule has 1 heterocycles. The number of carboxylic acid groups (broad SMARTS) is 2. The molecule has 0 unspecified atom stereocenters. The summed E-state index contributed by atoms with van der Waals surface area (Å²) in [6, 6.07) is 7.71. The number of halogens is 6. The Kier molecular flexibility index (Phi) is 8.56. The number of anilines is 2. The van der Waals surface area contributed by atoms with Crippen molar-refractivity contribution in [3.05, 3.63) is 92.9 Å². The first-order valence-corrected chi connectivity index (χ1v) is 11.7. The van der Waals surface area contributed by atoms with Crippen molar-refractivity contribution in [3.8, 4) is 0 Å². The first kappa shape index (κ1) is 30.8. The number of benzene rings is 2. The van der Waals surface area contributed by atoms with Gasteiger partial charge in [0.15, 0.2) is 0 Å². The van der Waals surface area contributed by atoms with E-state index in [1.54, 1.807) is 0 Å². The first-order valence-electron chi connectivity index (χ1n) is 10.9. The molecular formula is C24H20F6N6O4S. The van der Waals surface area contributed by atoms with E-state index in [0.717, 1.165) is 58.0 Å². The highest BCUT2D eigenvalue weighted by Gasteiger charge is 2.37. The van der Waals surface area contributed by atoms with Gasteiger partial charge in [-0.3, -0.25) is 10.0 Å². The lowest BCUT2D eigenvalue weighted by Crippen LogP contribution is -2.26. The maximum Gasteiger partial charge on any atom is 0.417 e. The van der Waals surface area contributed by atoms with Crippen LogP contribution in [0.4, 0.5) is 37.7 Å². The van der Waals surface area contributed by atoms with Crippen LogP contribution in [0.25, 0.3) is 11.4 Å². The van der Waals surface area contributed by atoms with E-state index in [1.165, 1.54) is 12.1 Å². The van der Waals surface area contributed by atoms with Crippen LogP contribution in [0.5, 0.6) is 0 Å². The third-order valence-corrected chi connectivity index (χ3v) is 6.59. The molecule has 0 aliphatic rings. The zero-order valence-electron chi connectivity index (χ0n) is 20.4. The van der Waals surface area contributed by atoms with E-state index in [2.05, 4.69) is 0 Å². The van der Waals surface area contributed by atoms with Crippen LogP contribution in [0.15, 0.2) is 60.9 Å². The molecule has 218 valence electrons. The van der Waals surface area contributed by atoms with Crippen LogP contribution < -0.4 is 33.2 Å². The van der Waals surface area contributed by atoms with Crippen molar-refractivity contribution in [1.82, 2.24) is 0 Å². The van der Waals surface area contributed by atoms with Crippen LogP contribution in [0.3, 0.4) is 0 Å². The second-order valence-electron chi connectivity index (χ2n) is 8.21. The van der Waals surface area contributed by atoms with Crippen molar-refractivity contribution < 1.29 is 46.1 Å². The van der Waals surface area contributed by atoms with Crippen molar-refractivity contribution >= 4 is 46.0 Å². The summed E-state index contributed by atoms with van der Waals surface area (Å²) < 4.78 is 79.9. The van der Waals surface area contributed by atoms with E-state index >= 15 is 0 Å². The van der Waals surface area contributed by atoms with Gasteiger partial charge in [-0.1, -0.05) is 0 Å². The SMILES string of the molecule is N/C(=C\N(N)c1ccc(C(=O)O)c(C(F)(F)F)c1)c1ccc(/C(N)=C/N(N)c2ccc(C(=O)O)c(C(F)(F)F)c2)s1. The van der Waals surface area contributed by atoms with E-state index < -0.39 is 46.5 Å². The fraction of sp³-hybridized carbons (Fsp3) is 0.0833. The maximum atomic E-state index is 13.3. The molecule has 41 heavy (non-hydrogen) atoms. The van der Waals surface area contributed by atoms with Crippen molar-refractivity contribution in [3.63, 3.8) is 0 Å². The monoisotopic (exact) mass is 602 g/mol. The number of carbonyl (C=O) groups is 2. The summed E-state index contributed by atoms with van der Waals surface area (Å²) in [5.74, 6) is 8.12. The minimum absolute atomic E-state index is 0.0175. The van der Waals surface area contributed by atoms with Gasteiger partial charge in [-0.15, -0.1) is 11.3 Å². The molecule has 10 N–H and O–H groups in total. The number of alkyl halides is 6. The fourth-order valence-electron chi connectivity index (χ4n) is 3.45. The molecule has 0 atom stereocenters. The van der Waals surface area contributed by atoms with Gasteiger partial charge in [0.2, 0.25) is 0 Å². The number of carboxylic acids is 2. The number of hydrazine groups is 2. The largest absolute Gasteiger partial charge is 0.478 e. The fourth-order valence-corrected chi connectivity index (χ4v) is 4.30. The molecule has 1 aromatic heterocycles. The predicted molar refractivity (Wildman–Crippen MR) is 139 cm³/mol. The van der Waals surface area contributed by atoms with Crippen LogP contribution in [-0.4, -0.2) is 22.2 Å². The highest BCUT2D eigenvalue weighted by molar-refractivity contribution is 7.14.